The Bertz CT molecular complexity index is 930. The summed E-state index contributed by atoms with van der Waals surface area (Å²) in [6, 6.07) is 5.18. The van der Waals surface area contributed by atoms with Crippen LogP contribution in [-0.4, -0.2) is 34.0 Å². The summed E-state index contributed by atoms with van der Waals surface area (Å²) in [5, 5.41) is 5.98. The highest BCUT2D eigenvalue weighted by Gasteiger charge is 2.23. The number of rotatable bonds is 4. The lowest BCUT2D eigenvalue weighted by Crippen LogP contribution is -2.37. The molecule has 2 heterocycles. The van der Waals surface area contributed by atoms with Gasteiger partial charge < -0.3 is 10.6 Å². The van der Waals surface area contributed by atoms with Gasteiger partial charge in [0, 0.05) is 24.6 Å². The van der Waals surface area contributed by atoms with Gasteiger partial charge in [-0.15, -0.1) is 0 Å². The molecule has 0 saturated heterocycles. The van der Waals surface area contributed by atoms with Gasteiger partial charge in [-0.25, -0.2) is 4.98 Å². The highest BCUT2D eigenvalue weighted by Crippen LogP contribution is 2.18. The van der Waals surface area contributed by atoms with Crippen LogP contribution >= 0.6 is 0 Å². The van der Waals surface area contributed by atoms with E-state index in [-0.39, 0.29) is 30.0 Å². The van der Waals surface area contributed by atoms with Gasteiger partial charge in [0.05, 0.1) is 17.4 Å². The summed E-state index contributed by atoms with van der Waals surface area (Å²) in [5.41, 5.74) is 0.906. The molecule has 26 heavy (non-hydrogen) atoms. The molecule has 0 bridgehead atoms. The summed E-state index contributed by atoms with van der Waals surface area (Å²) in [6.07, 6.45) is 5.90. The van der Waals surface area contributed by atoms with Crippen molar-refractivity contribution in [3.05, 3.63) is 39.9 Å². The third-order valence-corrected chi connectivity index (χ3v) is 4.93. The van der Waals surface area contributed by atoms with Crippen molar-refractivity contribution in [2.45, 2.75) is 51.1 Å². The maximum Gasteiger partial charge on any atom is 0.261 e. The Morgan fingerprint density at radius 2 is 2.04 bits per heavy atom. The standard InChI is InChI=1S/C19H22N4O3/c24-17(21-13-6-7-13)11-20-18(25)12-5-8-14-15(10-12)22-16-4-2-1-3-9-23(16)19(14)26/h5,8,10,13H,1-4,6-7,9,11H2,(H,20,25)(H,21,24). The molecule has 1 aliphatic carbocycles. The number of benzene rings is 1. The SMILES string of the molecule is O=C(CNC(=O)c1ccc2c(=O)n3c(nc2c1)CCCCC3)NC1CC1. The van der Waals surface area contributed by atoms with Crippen molar-refractivity contribution < 1.29 is 9.59 Å². The fourth-order valence-corrected chi connectivity index (χ4v) is 3.33. The molecule has 1 aliphatic heterocycles. The smallest absolute Gasteiger partial charge is 0.261 e. The van der Waals surface area contributed by atoms with Crippen LogP contribution in [0, 0.1) is 0 Å². The number of hydrogen-bond acceptors (Lipinski definition) is 4. The van der Waals surface area contributed by atoms with E-state index in [9.17, 15) is 14.4 Å². The topological polar surface area (TPSA) is 93.1 Å². The number of carbonyl (C=O) groups excluding carboxylic acids is 2. The van der Waals surface area contributed by atoms with Gasteiger partial charge in [0.1, 0.15) is 5.82 Å². The molecule has 136 valence electrons. The molecule has 2 aromatic rings. The predicted octanol–water partition coefficient (Wildman–Crippen LogP) is 1.13. The number of carbonyl (C=O) groups is 2. The van der Waals surface area contributed by atoms with Crippen molar-refractivity contribution in [2.24, 2.45) is 0 Å². The predicted molar refractivity (Wildman–Crippen MR) is 97.1 cm³/mol. The van der Waals surface area contributed by atoms with Gasteiger partial charge in [-0.05, 0) is 43.9 Å². The first-order valence-corrected chi connectivity index (χ1v) is 9.23. The summed E-state index contributed by atoms with van der Waals surface area (Å²) in [7, 11) is 0. The average Bonchev–Trinajstić information content (AvgIpc) is 3.46. The van der Waals surface area contributed by atoms with Crippen LogP contribution in [0.3, 0.4) is 0 Å². The summed E-state index contributed by atoms with van der Waals surface area (Å²) >= 11 is 0. The maximum absolute atomic E-state index is 12.7. The molecule has 7 heteroatoms. The van der Waals surface area contributed by atoms with Gasteiger partial charge in [-0.1, -0.05) is 6.42 Å². The molecule has 0 unspecified atom stereocenters. The Kier molecular flexibility index (Phi) is 4.44. The molecule has 0 atom stereocenters. The van der Waals surface area contributed by atoms with E-state index in [2.05, 4.69) is 15.6 Å². The molecule has 0 spiro atoms. The minimum atomic E-state index is -0.338. The van der Waals surface area contributed by atoms with E-state index in [1.165, 1.54) is 0 Å². The van der Waals surface area contributed by atoms with Crippen LogP contribution in [0.4, 0.5) is 0 Å². The van der Waals surface area contributed by atoms with Crippen molar-refractivity contribution in [1.82, 2.24) is 20.2 Å². The number of amides is 2. The zero-order chi connectivity index (χ0) is 18.1. The van der Waals surface area contributed by atoms with Crippen LogP contribution in [0.25, 0.3) is 10.9 Å². The molecular formula is C19H22N4O3. The second-order valence-electron chi connectivity index (χ2n) is 7.05. The molecular weight excluding hydrogens is 332 g/mol. The summed E-state index contributed by atoms with van der Waals surface area (Å²) in [4.78, 5) is 41.3. The van der Waals surface area contributed by atoms with E-state index in [4.69, 9.17) is 0 Å². The normalized spacial score (nSPS) is 16.6. The first-order valence-electron chi connectivity index (χ1n) is 9.23. The Morgan fingerprint density at radius 3 is 2.85 bits per heavy atom. The van der Waals surface area contributed by atoms with Crippen molar-refractivity contribution in [3.63, 3.8) is 0 Å². The number of hydrogen-bond donors (Lipinski definition) is 2. The molecule has 2 aliphatic rings. The van der Waals surface area contributed by atoms with Crippen molar-refractivity contribution in [2.75, 3.05) is 6.54 Å². The molecule has 1 aromatic carbocycles. The molecule has 2 N–H and O–H groups in total. The largest absolute Gasteiger partial charge is 0.352 e. The van der Waals surface area contributed by atoms with Gasteiger partial charge in [0.15, 0.2) is 0 Å². The van der Waals surface area contributed by atoms with Crippen LogP contribution < -0.4 is 16.2 Å². The van der Waals surface area contributed by atoms with Crippen LogP contribution in [0.15, 0.2) is 23.0 Å². The lowest BCUT2D eigenvalue weighted by Gasteiger charge is -2.11. The second-order valence-corrected chi connectivity index (χ2v) is 7.05. The Balaban J connectivity index is 1.55. The van der Waals surface area contributed by atoms with E-state index < -0.39 is 0 Å². The van der Waals surface area contributed by atoms with Crippen LogP contribution in [-0.2, 0) is 17.8 Å². The van der Waals surface area contributed by atoms with Crippen LogP contribution in [0.2, 0.25) is 0 Å². The molecule has 0 radical (unpaired) electrons. The van der Waals surface area contributed by atoms with Gasteiger partial charge in [-0.3, -0.25) is 19.0 Å². The van der Waals surface area contributed by atoms with E-state index in [0.29, 0.717) is 23.0 Å². The van der Waals surface area contributed by atoms with E-state index in [0.717, 1.165) is 44.3 Å². The fourth-order valence-electron chi connectivity index (χ4n) is 3.33. The molecule has 1 saturated carbocycles. The lowest BCUT2D eigenvalue weighted by atomic mass is 10.1. The first-order chi connectivity index (χ1) is 12.6. The van der Waals surface area contributed by atoms with Crippen molar-refractivity contribution in [3.8, 4) is 0 Å². The summed E-state index contributed by atoms with van der Waals surface area (Å²) in [5.74, 6) is 0.277. The van der Waals surface area contributed by atoms with Crippen LogP contribution in [0.1, 0.15) is 48.3 Å². The molecule has 2 amide bonds. The molecule has 4 rings (SSSR count). The number of nitrogens with one attached hydrogen (secondary N) is 2. The zero-order valence-corrected chi connectivity index (χ0v) is 14.6. The number of aromatic nitrogens is 2. The van der Waals surface area contributed by atoms with Crippen molar-refractivity contribution in [1.29, 1.82) is 0 Å². The van der Waals surface area contributed by atoms with Gasteiger partial charge in [-0.2, -0.15) is 0 Å². The highest BCUT2D eigenvalue weighted by atomic mass is 16.2. The Hall–Kier alpha value is -2.70. The van der Waals surface area contributed by atoms with Gasteiger partial charge >= 0.3 is 0 Å². The number of fused-ring (bicyclic) bond motifs is 2. The number of aryl methyl sites for hydroxylation is 1. The van der Waals surface area contributed by atoms with E-state index in [1.807, 2.05) is 0 Å². The third-order valence-electron chi connectivity index (χ3n) is 4.93. The summed E-state index contributed by atoms with van der Waals surface area (Å²) < 4.78 is 1.76. The van der Waals surface area contributed by atoms with Gasteiger partial charge in [0.2, 0.25) is 5.91 Å². The summed E-state index contributed by atoms with van der Waals surface area (Å²) in [6.45, 7) is 0.656. The fraction of sp³-hybridized carbons (Fsp3) is 0.474. The number of nitrogens with zero attached hydrogens (tertiary/aromatic N) is 2. The maximum atomic E-state index is 12.7. The zero-order valence-electron chi connectivity index (χ0n) is 14.6. The average molecular weight is 354 g/mol. The first kappa shape index (κ1) is 16.8. The lowest BCUT2D eigenvalue weighted by molar-refractivity contribution is -0.120. The second kappa shape index (κ2) is 6.90. The molecule has 7 nitrogen and oxygen atoms in total. The third kappa shape index (κ3) is 3.47. The molecule has 1 aromatic heterocycles. The quantitative estimate of drug-likeness (QED) is 0.861. The van der Waals surface area contributed by atoms with Gasteiger partial charge in [0.25, 0.3) is 11.5 Å². The van der Waals surface area contributed by atoms with E-state index in [1.54, 1.807) is 22.8 Å². The minimum absolute atomic E-state index is 0.0392. The van der Waals surface area contributed by atoms with Crippen molar-refractivity contribution >= 4 is 22.7 Å². The monoisotopic (exact) mass is 354 g/mol. The van der Waals surface area contributed by atoms with Crippen LogP contribution in [0.5, 0.6) is 0 Å². The highest BCUT2D eigenvalue weighted by molar-refractivity contribution is 5.99. The molecule has 1 fully saturated rings. The van der Waals surface area contributed by atoms with E-state index >= 15 is 0 Å². The minimum Gasteiger partial charge on any atom is -0.352 e. The Morgan fingerprint density at radius 1 is 1.19 bits per heavy atom. The Labute approximate surface area is 150 Å².